The number of aromatic nitrogens is 2. The van der Waals surface area contributed by atoms with E-state index in [0.717, 1.165) is 22.6 Å². The maximum atomic E-state index is 12.0. The van der Waals surface area contributed by atoms with Crippen LogP contribution in [0.1, 0.15) is 10.5 Å². The molecule has 0 bridgehead atoms. The van der Waals surface area contributed by atoms with E-state index in [0.29, 0.717) is 11.4 Å². The van der Waals surface area contributed by atoms with Gasteiger partial charge in [-0.3, -0.25) is 9.78 Å². The highest BCUT2D eigenvalue weighted by Crippen LogP contribution is 2.31. The second kappa shape index (κ2) is 7.65. The summed E-state index contributed by atoms with van der Waals surface area (Å²) in [6.07, 6.45) is 1.48. The molecule has 0 aliphatic carbocycles. The van der Waals surface area contributed by atoms with E-state index in [1.165, 1.54) is 6.20 Å². The highest BCUT2D eigenvalue weighted by atomic mass is 16.5. The zero-order valence-corrected chi connectivity index (χ0v) is 14.8. The van der Waals surface area contributed by atoms with Crippen LogP contribution >= 0.6 is 0 Å². The van der Waals surface area contributed by atoms with E-state index in [1.807, 2.05) is 48.5 Å². The molecule has 6 heteroatoms. The summed E-state index contributed by atoms with van der Waals surface area (Å²) in [4.78, 5) is 21.0. The zero-order chi connectivity index (χ0) is 18.5. The molecule has 0 spiro atoms. The maximum absolute atomic E-state index is 12.0. The Morgan fingerprint density at radius 2 is 1.35 bits per heavy atom. The Kier molecular flexibility index (Phi) is 5.12. The number of nitrogens with one attached hydrogen (secondary N) is 1. The van der Waals surface area contributed by atoms with Crippen molar-refractivity contribution >= 4 is 5.91 Å². The van der Waals surface area contributed by atoms with Crippen molar-refractivity contribution in [2.24, 2.45) is 0 Å². The van der Waals surface area contributed by atoms with Gasteiger partial charge in [-0.1, -0.05) is 0 Å². The molecule has 0 unspecified atom stereocenters. The van der Waals surface area contributed by atoms with Gasteiger partial charge in [-0.25, -0.2) is 4.98 Å². The number of amides is 1. The lowest BCUT2D eigenvalue weighted by molar-refractivity contribution is 0.0958. The van der Waals surface area contributed by atoms with Crippen molar-refractivity contribution in [3.8, 4) is 34.0 Å². The molecule has 0 aliphatic heterocycles. The van der Waals surface area contributed by atoms with Crippen LogP contribution in [0.3, 0.4) is 0 Å². The van der Waals surface area contributed by atoms with Gasteiger partial charge in [-0.2, -0.15) is 0 Å². The molecule has 0 atom stereocenters. The quantitative estimate of drug-likeness (QED) is 0.766. The van der Waals surface area contributed by atoms with Crippen LogP contribution in [-0.4, -0.2) is 37.1 Å². The largest absolute Gasteiger partial charge is 0.497 e. The first-order chi connectivity index (χ1) is 12.7. The Labute approximate surface area is 151 Å². The van der Waals surface area contributed by atoms with Crippen LogP contribution in [0.25, 0.3) is 22.5 Å². The Balaban J connectivity index is 2.14. The third kappa shape index (κ3) is 3.49. The van der Waals surface area contributed by atoms with Crippen LogP contribution in [-0.2, 0) is 0 Å². The van der Waals surface area contributed by atoms with E-state index < -0.39 is 0 Å². The number of hydrogen-bond donors (Lipinski definition) is 1. The van der Waals surface area contributed by atoms with Gasteiger partial charge in [-0.15, -0.1) is 0 Å². The van der Waals surface area contributed by atoms with Crippen LogP contribution in [0.5, 0.6) is 11.5 Å². The monoisotopic (exact) mass is 349 g/mol. The number of nitrogens with zero attached hydrogens (tertiary/aromatic N) is 2. The molecule has 0 fully saturated rings. The molecule has 1 N–H and O–H groups in total. The van der Waals surface area contributed by atoms with Gasteiger partial charge in [0.1, 0.15) is 17.2 Å². The molecule has 0 aliphatic rings. The van der Waals surface area contributed by atoms with Gasteiger partial charge in [0.25, 0.3) is 5.91 Å². The van der Waals surface area contributed by atoms with Crippen molar-refractivity contribution in [3.63, 3.8) is 0 Å². The SMILES string of the molecule is CNC(=O)c1cnc(-c2ccc(OC)cc2)c(-c2ccc(OC)cc2)n1. The second-order valence-electron chi connectivity index (χ2n) is 5.49. The molecule has 26 heavy (non-hydrogen) atoms. The predicted octanol–water partition coefficient (Wildman–Crippen LogP) is 3.19. The standard InChI is InChI=1S/C20H19N3O3/c1-21-20(24)17-12-22-18(13-4-8-15(25-2)9-5-13)19(23-17)14-6-10-16(26-3)11-7-14/h4-12H,1-3H3,(H,21,24). The number of rotatable bonds is 5. The average Bonchev–Trinajstić information content (AvgIpc) is 2.73. The number of ether oxygens (including phenoxy) is 2. The highest BCUT2D eigenvalue weighted by molar-refractivity contribution is 5.93. The first-order valence-corrected chi connectivity index (χ1v) is 8.04. The van der Waals surface area contributed by atoms with Crippen LogP contribution in [0.2, 0.25) is 0 Å². The lowest BCUT2D eigenvalue weighted by atomic mass is 10.0. The summed E-state index contributed by atoms with van der Waals surface area (Å²) in [5.74, 6) is 1.22. The highest BCUT2D eigenvalue weighted by Gasteiger charge is 2.15. The van der Waals surface area contributed by atoms with Crippen LogP contribution in [0, 0.1) is 0 Å². The summed E-state index contributed by atoms with van der Waals surface area (Å²) in [6, 6.07) is 15.0. The van der Waals surface area contributed by atoms with Gasteiger partial charge in [-0.05, 0) is 48.5 Å². The molecule has 1 aromatic heterocycles. The molecule has 1 heterocycles. The Morgan fingerprint density at radius 3 is 1.81 bits per heavy atom. The fraction of sp³-hybridized carbons (Fsp3) is 0.150. The molecule has 6 nitrogen and oxygen atoms in total. The lowest BCUT2D eigenvalue weighted by Crippen LogP contribution is -2.20. The lowest BCUT2D eigenvalue weighted by Gasteiger charge is -2.11. The Bertz CT molecular complexity index is 907. The van der Waals surface area contributed by atoms with Gasteiger partial charge in [0, 0.05) is 18.2 Å². The van der Waals surface area contributed by atoms with E-state index in [9.17, 15) is 4.79 Å². The van der Waals surface area contributed by atoms with Crippen molar-refractivity contribution in [2.45, 2.75) is 0 Å². The van der Waals surface area contributed by atoms with Gasteiger partial charge in [0.15, 0.2) is 0 Å². The number of benzene rings is 2. The molecular weight excluding hydrogens is 330 g/mol. The van der Waals surface area contributed by atoms with Crippen molar-refractivity contribution in [1.29, 1.82) is 0 Å². The number of methoxy groups -OCH3 is 2. The Morgan fingerprint density at radius 1 is 0.846 bits per heavy atom. The Hall–Kier alpha value is -3.41. The van der Waals surface area contributed by atoms with Crippen LogP contribution in [0.15, 0.2) is 54.7 Å². The van der Waals surface area contributed by atoms with Crippen LogP contribution in [0.4, 0.5) is 0 Å². The third-order valence-electron chi connectivity index (χ3n) is 3.96. The summed E-state index contributed by atoms with van der Waals surface area (Å²) in [5.41, 5.74) is 3.29. The summed E-state index contributed by atoms with van der Waals surface area (Å²) >= 11 is 0. The summed E-state index contributed by atoms with van der Waals surface area (Å²) < 4.78 is 10.4. The van der Waals surface area contributed by atoms with Crippen molar-refractivity contribution in [3.05, 3.63) is 60.4 Å². The minimum atomic E-state index is -0.284. The van der Waals surface area contributed by atoms with E-state index >= 15 is 0 Å². The van der Waals surface area contributed by atoms with Gasteiger partial charge in [0.05, 0.1) is 31.8 Å². The molecule has 0 saturated heterocycles. The topological polar surface area (TPSA) is 73.3 Å². The maximum Gasteiger partial charge on any atom is 0.271 e. The molecule has 0 saturated carbocycles. The first-order valence-electron chi connectivity index (χ1n) is 8.04. The molecule has 0 radical (unpaired) electrons. The van der Waals surface area contributed by atoms with E-state index in [4.69, 9.17) is 9.47 Å². The van der Waals surface area contributed by atoms with E-state index in [1.54, 1.807) is 21.3 Å². The van der Waals surface area contributed by atoms with Gasteiger partial charge >= 0.3 is 0 Å². The first kappa shape index (κ1) is 17.4. The van der Waals surface area contributed by atoms with Crippen molar-refractivity contribution < 1.29 is 14.3 Å². The van der Waals surface area contributed by atoms with Gasteiger partial charge < -0.3 is 14.8 Å². The molecule has 2 aromatic carbocycles. The summed E-state index contributed by atoms with van der Waals surface area (Å²) in [7, 11) is 4.80. The van der Waals surface area contributed by atoms with E-state index in [-0.39, 0.29) is 11.6 Å². The molecule has 3 aromatic rings. The number of carbonyl (C=O) groups excluding carboxylic acids is 1. The van der Waals surface area contributed by atoms with Crippen molar-refractivity contribution in [2.75, 3.05) is 21.3 Å². The van der Waals surface area contributed by atoms with E-state index in [2.05, 4.69) is 15.3 Å². The molecular formula is C20H19N3O3. The fourth-order valence-corrected chi connectivity index (χ4v) is 2.54. The summed E-state index contributed by atoms with van der Waals surface area (Å²) in [5, 5.41) is 2.57. The van der Waals surface area contributed by atoms with Crippen LogP contribution < -0.4 is 14.8 Å². The smallest absolute Gasteiger partial charge is 0.271 e. The number of carbonyl (C=O) groups is 1. The second-order valence-corrected chi connectivity index (χ2v) is 5.49. The molecule has 3 rings (SSSR count). The number of hydrogen-bond acceptors (Lipinski definition) is 5. The van der Waals surface area contributed by atoms with Crippen molar-refractivity contribution in [1.82, 2.24) is 15.3 Å². The minimum absolute atomic E-state index is 0.260. The summed E-state index contributed by atoms with van der Waals surface area (Å²) in [6.45, 7) is 0. The zero-order valence-electron chi connectivity index (χ0n) is 14.8. The normalized spacial score (nSPS) is 10.3. The third-order valence-corrected chi connectivity index (χ3v) is 3.96. The molecule has 132 valence electrons. The molecule has 1 amide bonds. The fourth-order valence-electron chi connectivity index (χ4n) is 2.54. The minimum Gasteiger partial charge on any atom is -0.497 e. The average molecular weight is 349 g/mol. The van der Waals surface area contributed by atoms with Gasteiger partial charge in [0.2, 0.25) is 0 Å². The predicted molar refractivity (Wildman–Crippen MR) is 99.4 cm³/mol.